The van der Waals surface area contributed by atoms with Crippen molar-refractivity contribution in [3.8, 4) is 0 Å². The Kier molecular flexibility index (Phi) is 7.32. The maximum absolute atomic E-state index is 13.5. The van der Waals surface area contributed by atoms with Crippen molar-refractivity contribution in [3.05, 3.63) is 137 Å². The fraction of sp³-hybridized carbons (Fsp3) is 0.235. The highest BCUT2D eigenvalue weighted by molar-refractivity contribution is 5.99. The van der Waals surface area contributed by atoms with Crippen LogP contribution in [-0.4, -0.2) is 34.7 Å². The summed E-state index contributed by atoms with van der Waals surface area (Å²) in [5, 5.41) is 3.50. The van der Waals surface area contributed by atoms with Crippen molar-refractivity contribution in [1.29, 1.82) is 0 Å². The van der Waals surface area contributed by atoms with Gasteiger partial charge < -0.3 is 15.1 Å². The van der Waals surface area contributed by atoms with Crippen LogP contribution in [0.15, 0.2) is 103 Å². The van der Waals surface area contributed by atoms with E-state index in [2.05, 4.69) is 29.6 Å². The third kappa shape index (κ3) is 5.48. The van der Waals surface area contributed by atoms with Gasteiger partial charge in [0.1, 0.15) is 12.0 Å². The van der Waals surface area contributed by atoms with E-state index < -0.39 is 6.17 Å². The second-order valence-electron chi connectivity index (χ2n) is 10.7. The molecular weight excluding hydrogens is 501 g/mol. The first-order chi connectivity index (χ1) is 19.5. The van der Waals surface area contributed by atoms with Crippen molar-refractivity contribution in [1.82, 2.24) is 9.80 Å². The fourth-order valence-electron chi connectivity index (χ4n) is 5.85. The minimum Gasteiger partial charge on any atom is -0.361 e. The molecule has 0 saturated carbocycles. The highest BCUT2D eigenvalue weighted by Crippen LogP contribution is 2.36. The van der Waals surface area contributed by atoms with E-state index in [4.69, 9.17) is 0 Å². The van der Waals surface area contributed by atoms with Gasteiger partial charge in [-0.05, 0) is 72.7 Å². The summed E-state index contributed by atoms with van der Waals surface area (Å²) >= 11 is 0. The number of amides is 2. The number of carbonyl (C=O) groups excluding carboxylic acids is 2. The molecule has 2 aliphatic heterocycles. The normalized spacial score (nSPS) is 17.1. The molecule has 0 bridgehead atoms. The molecule has 0 aromatic heterocycles. The average Bonchev–Trinajstić information content (AvgIpc) is 3.25. The summed E-state index contributed by atoms with van der Waals surface area (Å²) in [6, 6.07) is 31.9. The van der Waals surface area contributed by atoms with E-state index >= 15 is 0 Å². The van der Waals surface area contributed by atoms with Crippen LogP contribution >= 0.6 is 0 Å². The number of benzene rings is 4. The first-order valence-corrected chi connectivity index (χ1v) is 13.9. The monoisotopic (exact) mass is 533 g/mol. The first-order valence-electron chi connectivity index (χ1n) is 13.9. The molecule has 1 unspecified atom stereocenters. The molecule has 4 aromatic rings. The summed E-state index contributed by atoms with van der Waals surface area (Å²) in [5.41, 5.74) is 5.12. The quantitative estimate of drug-likeness (QED) is 0.288. The lowest BCUT2D eigenvalue weighted by atomic mass is 9.90. The Labute approximate surface area is 234 Å². The Morgan fingerprint density at radius 2 is 1.55 bits per heavy atom. The average molecular weight is 534 g/mol. The number of nitrogens with zero attached hydrogens (tertiary/aromatic N) is 2. The molecule has 202 valence electrons. The minimum atomic E-state index is -0.409. The van der Waals surface area contributed by atoms with Crippen molar-refractivity contribution in [2.45, 2.75) is 32.0 Å². The van der Waals surface area contributed by atoms with E-state index in [1.165, 1.54) is 17.7 Å². The van der Waals surface area contributed by atoms with Crippen LogP contribution in [0.1, 0.15) is 56.4 Å². The van der Waals surface area contributed by atoms with Crippen molar-refractivity contribution in [2.24, 2.45) is 5.92 Å². The van der Waals surface area contributed by atoms with Crippen LogP contribution < -0.4 is 5.32 Å². The van der Waals surface area contributed by atoms with Gasteiger partial charge in [-0.2, -0.15) is 0 Å². The number of fused-ring (bicyclic) bond motifs is 1. The molecule has 1 atom stereocenters. The SMILES string of the molecule is O=C(c1cccc(NC2c3ccccc3C(=O)N2Cc2ccc(F)cc2)c1)N1CCC(Cc2ccccc2)CC1. The molecule has 2 aliphatic rings. The Hall–Kier alpha value is -4.45. The summed E-state index contributed by atoms with van der Waals surface area (Å²) in [6.45, 7) is 1.84. The lowest BCUT2D eigenvalue weighted by Crippen LogP contribution is -2.39. The molecule has 2 heterocycles. The van der Waals surface area contributed by atoms with Gasteiger partial charge in [0.15, 0.2) is 0 Å². The predicted molar refractivity (Wildman–Crippen MR) is 154 cm³/mol. The molecule has 1 fully saturated rings. The van der Waals surface area contributed by atoms with Crippen LogP contribution in [0.4, 0.5) is 10.1 Å². The van der Waals surface area contributed by atoms with Crippen LogP contribution in [0.3, 0.4) is 0 Å². The van der Waals surface area contributed by atoms with Crippen molar-refractivity contribution in [2.75, 3.05) is 18.4 Å². The van der Waals surface area contributed by atoms with E-state index in [-0.39, 0.29) is 17.6 Å². The molecule has 1 saturated heterocycles. The number of halogens is 1. The number of rotatable bonds is 7. The topological polar surface area (TPSA) is 52.7 Å². The van der Waals surface area contributed by atoms with Gasteiger partial charge in [0.2, 0.25) is 0 Å². The second-order valence-corrected chi connectivity index (χ2v) is 10.7. The van der Waals surface area contributed by atoms with Crippen molar-refractivity contribution >= 4 is 17.5 Å². The van der Waals surface area contributed by atoms with E-state index in [9.17, 15) is 14.0 Å². The highest BCUT2D eigenvalue weighted by Gasteiger charge is 2.36. The molecule has 1 N–H and O–H groups in total. The van der Waals surface area contributed by atoms with Crippen LogP contribution in [0.25, 0.3) is 0 Å². The van der Waals surface area contributed by atoms with Gasteiger partial charge in [-0.3, -0.25) is 9.59 Å². The molecule has 4 aromatic carbocycles. The van der Waals surface area contributed by atoms with Crippen LogP contribution in [0, 0.1) is 11.7 Å². The number of nitrogens with one attached hydrogen (secondary N) is 1. The minimum absolute atomic E-state index is 0.0351. The Morgan fingerprint density at radius 3 is 2.33 bits per heavy atom. The van der Waals surface area contributed by atoms with Crippen molar-refractivity contribution in [3.63, 3.8) is 0 Å². The fourth-order valence-corrected chi connectivity index (χ4v) is 5.85. The van der Waals surface area contributed by atoms with Gasteiger partial charge in [-0.15, -0.1) is 0 Å². The van der Waals surface area contributed by atoms with Crippen LogP contribution in [0.2, 0.25) is 0 Å². The van der Waals surface area contributed by atoms with Crippen molar-refractivity contribution < 1.29 is 14.0 Å². The van der Waals surface area contributed by atoms with E-state index in [0.29, 0.717) is 23.6 Å². The van der Waals surface area contributed by atoms with E-state index in [0.717, 1.165) is 49.2 Å². The number of carbonyl (C=O) groups is 2. The highest BCUT2D eigenvalue weighted by atomic mass is 19.1. The Balaban J connectivity index is 1.16. The zero-order valence-corrected chi connectivity index (χ0v) is 22.3. The predicted octanol–water partition coefficient (Wildman–Crippen LogP) is 6.69. The number of hydrogen-bond donors (Lipinski definition) is 1. The Morgan fingerprint density at radius 1 is 0.825 bits per heavy atom. The lowest BCUT2D eigenvalue weighted by Gasteiger charge is -2.32. The third-order valence-corrected chi connectivity index (χ3v) is 8.01. The van der Waals surface area contributed by atoms with Gasteiger partial charge in [-0.1, -0.05) is 66.7 Å². The van der Waals surface area contributed by atoms with Crippen LogP contribution in [0.5, 0.6) is 0 Å². The third-order valence-electron chi connectivity index (χ3n) is 8.01. The molecule has 0 radical (unpaired) electrons. The molecule has 0 spiro atoms. The molecule has 40 heavy (non-hydrogen) atoms. The number of anilines is 1. The van der Waals surface area contributed by atoms with E-state index in [1.54, 1.807) is 17.0 Å². The maximum atomic E-state index is 13.5. The summed E-state index contributed by atoms with van der Waals surface area (Å²) in [6.07, 6.45) is 2.64. The maximum Gasteiger partial charge on any atom is 0.256 e. The van der Waals surface area contributed by atoms with Gasteiger partial charge in [-0.25, -0.2) is 4.39 Å². The van der Waals surface area contributed by atoms with Gasteiger partial charge in [0.25, 0.3) is 11.8 Å². The molecular formula is C34H32FN3O2. The number of likely N-dealkylation sites (tertiary alicyclic amines) is 1. The molecule has 5 nitrogen and oxygen atoms in total. The summed E-state index contributed by atoms with van der Waals surface area (Å²) in [4.78, 5) is 30.5. The lowest BCUT2D eigenvalue weighted by molar-refractivity contribution is 0.0688. The van der Waals surface area contributed by atoms with E-state index in [1.807, 2.05) is 59.5 Å². The summed E-state index contributed by atoms with van der Waals surface area (Å²) in [5.74, 6) is 0.235. The summed E-state index contributed by atoms with van der Waals surface area (Å²) in [7, 11) is 0. The zero-order valence-electron chi connectivity index (χ0n) is 22.3. The van der Waals surface area contributed by atoms with Gasteiger partial charge in [0, 0.05) is 42.0 Å². The largest absolute Gasteiger partial charge is 0.361 e. The Bertz CT molecular complexity index is 1500. The number of piperidine rings is 1. The zero-order chi connectivity index (χ0) is 27.5. The summed E-state index contributed by atoms with van der Waals surface area (Å²) < 4.78 is 13.5. The second kappa shape index (κ2) is 11.3. The number of hydrogen-bond acceptors (Lipinski definition) is 3. The first kappa shape index (κ1) is 25.8. The molecule has 6 rings (SSSR count). The smallest absolute Gasteiger partial charge is 0.256 e. The molecule has 0 aliphatic carbocycles. The standard InChI is InChI=1S/C34H32FN3O2/c35-28-15-13-26(14-16-28)23-38-32(30-11-4-5-12-31(30)34(38)40)36-29-10-6-9-27(22-29)33(39)37-19-17-25(18-20-37)21-24-7-2-1-3-8-24/h1-16,22,25,32,36H,17-21,23H2. The van der Waals surface area contributed by atoms with Gasteiger partial charge in [0.05, 0.1) is 0 Å². The molecule has 6 heteroatoms. The van der Waals surface area contributed by atoms with Crippen LogP contribution in [-0.2, 0) is 13.0 Å². The van der Waals surface area contributed by atoms with Gasteiger partial charge >= 0.3 is 0 Å². The molecule has 2 amide bonds.